The third kappa shape index (κ3) is 6.13. The van der Waals surface area contributed by atoms with Crippen molar-refractivity contribution < 1.29 is 9.59 Å². The van der Waals surface area contributed by atoms with Crippen LogP contribution >= 0.6 is 12.4 Å². The van der Waals surface area contributed by atoms with Crippen LogP contribution in [0.4, 0.5) is 0 Å². The zero-order valence-corrected chi connectivity index (χ0v) is 15.1. The molecule has 0 saturated carbocycles. The fourth-order valence-corrected chi connectivity index (χ4v) is 2.83. The van der Waals surface area contributed by atoms with Crippen LogP contribution in [0.3, 0.4) is 0 Å². The van der Waals surface area contributed by atoms with E-state index in [1.165, 1.54) is 0 Å². The monoisotopic (exact) mass is 333 g/mol. The molecule has 0 aliphatic carbocycles. The van der Waals surface area contributed by atoms with E-state index in [0.717, 1.165) is 45.4 Å². The average molecular weight is 334 g/mol. The molecule has 0 aromatic carbocycles. The van der Waals surface area contributed by atoms with E-state index in [0.29, 0.717) is 19.4 Å². The number of hydrogen-bond donors (Lipinski definition) is 1. The van der Waals surface area contributed by atoms with Gasteiger partial charge in [-0.2, -0.15) is 0 Å². The van der Waals surface area contributed by atoms with E-state index in [2.05, 4.69) is 20.8 Å². The van der Waals surface area contributed by atoms with E-state index in [1.807, 2.05) is 9.80 Å². The Hall–Kier alpha value is -0.810. The van der Waals surface area contributed by atoms with Crippen LogP contribution in [-0.4, -0.2) is 54.3 Å². The number of halogens is 1. The van der Waals surface area contributed by atoms with Crippen LogP contribution in [0.15, 0.2) is 0 Å². The normalized spacial score (nSPS) is 20.6. The van der Waals surface area contributed by atoms with Gasteiger partial charge in [-0.25, -0.2) is 0 Å². The van der Waals surface area contributed by atoms with Crippen molar-refractivity contribution in [3.8, 4) is 0 Å². The topological polar surface area (TPSA) is 66.6 Å². The summed E-state index contributed by atoms with van der Waals surface area (Å²) in [5.74, 6) is 0.196. The highest BCUT2D eigenvalue weighted by Gasteiger charge is 2.34. The van der Waals surface area contributed by atoms with Gasteiger partial charge in [0, 0.05) is 39.0 Å². The summed E-state index contributed by atoms with van der Waals surface area (Å²) in [5.41, 5.74) is 5.81. The molecule has 1 unspecified atom stereocenters. The maximum Gasteiger partial charge on any atom is 0.223 e. The van der Waals surface area contributed by atoms with Crippen molar-refractivity contribution in [2.75, 3.05) is 32.7 Å². The molecule has 1 saturated heterocycles. The number of hydrogen-bond acceptors (Lipinski definition) is 3. The molecule has 1 aliphatic heterocycles. The summed E-state index contributed by atoms with van der Waals surface area (Å²) in [6.45, 7) is 9.94. The van der Waals surface area contributed by atoms with Crippen molar-refractivity contribution in [1.82, 2.24) is 9.80 Å². The van der Waals surface area contributed by atoms with E-state index < -0.39 is 0 Å². The van der Waals surface area contributed by atoms with Crippen LogP contribution in [0.25, 0.3) is 0 Å². The first kappa shape index (κ1) is 21.2. The molecule has 130 valence electrons. The molecule has 0 bridgehead atoms. The van der Waals surface area contributed by atoms with Gasteiger partial charge in [0.05, 0.1) is 0 Å². The van der Waals surface area contributed by atoms with Crippen molar-refractivity contribution in [3.05, 3.63) is 0 Å². The Morgan fingerprint density at radius 1 is 1.18 bits per heavy atom. The summed E-state index contributed by atoms with van der Waals surface area (Å²) in [5, 5.41) is 0. The molecule has 0 spiro atoms. The quantitative estimate of drug-likeness (QED) is 0.739. The van der Waals surface area contributed by atoms with Gasteiger partial charge < -0.3 is 15.5 Å². The maximum absolute atomic E-state index is 12.2. The van der Waals surface area contributed by atoms with Gasteiger partial charge in [-0.3, -0.25) is 9.59 Å². The zero-order chi connectivity index (χ0) is 15.9. The molecule has 1 heterocycles. The first-order valence-electron chi connectivity index (χ1n) is 8.21. The smallest absolute Gasteiger partial charge is 0.223 e. The predicted molar refractivity (Wildman–Crippen MR) is 92.0 cm³/mol. The van der Waals surface area contributed by atoms with Gasteiger partial charge in [0.2, 0.25) is 11.8 Å². The van der Waals surface area contributed by atoms with Crippen molar-refractivity contribution >= 4 is 24.2 Å². The summed E-state index contributed by atoms with van der Waals surface area (Å²) >= 11 is 0. The van der Waals surface area contributed by atoms with Gasteiger partial charge in [0.15, 0.2) is 0 Å². The van der Waals surface area contributed by atoms with E-state index in [-0.39, 0.29) is 29.6 Å². The molecule has 5 nitrogen and oxygen atoms in total. The summed E-state index contributed by atoms with van der Waals surface area (Å²) in [6.07, 6.45) is 3.53. The molecule has 1 atom stereocenters. The zero-order valence-electron chi connectivity index (χ0n) is 14.3. The minimum absolute atomic E-state index is 0. The summed E-state index contributed by atoms with van der Waals surface area (Å²) in [6, 6.07) is 0. The molecule has 22 heavy (non-hydrogen) atoms. The minimum Gasteiger partial charge on any atom is -0.343 e. The molecular weight excluding hydrogens is 302 g/mol. The number of nitrogens with zero attached hydrogens (tertiary/aromatic N) is 2. The van der Waals surface area contributed by atoms with Crippen LogP contribution in [0.1, 0.15) is 52.9 Å². The lowest BCUT2D eigenvalue weighted by Crippen LogP contribution is -2.36. The van der Waals surface area contributed by atoms with Gasteiger partial charge in [-0.05, 0) is 31.2 Å². The summed E-state index contributed by atoms with van der Waals surface area (Å²) in [4.78, 5) is 28.1. The summed E-state index contributed by atoms with van der Waals surface area (Å²) in [7, 11) is 0. The van der Waals surface area contributed by atoms with Crippen molar-refractivity contribution in [3.63, 3.8) is 0 Å². The Morgan fingerprint density at radius 2 is 1.77 bits per heavy atom. The molecule has 0 radical (unpaired) electrons. The molecule has 1 aliphatic rings. The van der Waals surface area contributed by atoms with Crippen LogP contribution < -0.4 is 5.73 Å². The Morgan fingerprint density at radius 3 is 2.23 bits per heavy atom. The first-order chi connectivity index (χ1) is 9.95. The Bertz CT molecular complexity index is 359. The van der Waals surface area contributed by atoms with Gasteiger partial charge in [-0.1, -0.05) is 20.8 Å². The molecule has 2 amide bonds. The lowest BCUT2D eigenvalue weighted by Gasteiger charge is -2.24. The van der Waals surface area contributed by atoms with Crippen LogP contribution in [0.2, 0.25) is 0 Å². The Labute approximate surface area is 141 Å². The predicted octanol–water partition coefficient (Wildman–Crippen LogP) is 2.03. The highest BCUT2D eigenvalue weighted by Crippen LogP contribution is 2.28. The first-order valence-corrected chi connectivity index (χ1v) is 8.21. The van der Waals surface area contributed by atoms with Gasteiger partial charge in [0.25, 0.3) is 0 Å². The molecule has 1 rings (SSSR count). The van der Waals surface area contributed by atoms with Gasteiger partial charge in [0.1, 0.15) is 0 Å². The van der Waals surface area contributed by atoms with Crippen LogP contribution in [0.5, 0.6) is 0 Å². The highest BCUT2D eigenvalue weighted by molar-refractivity contribution is 5.85. The minimum atomic E-state index is 0. The highest BCUT2D eigenvalue weighted by atomic mass is 35.5. The van der Waals surface area contributed by atoms with E-state index >= 15 is 0 Å². The van der Waals surface area contributed by atoms with Crippen molar-refractivity contribution in [2.24, 2.45) is 11.1 Å². The van der Waals surface area contributed by atoms with Gasteiger partial charge >= 0.3 is 0 Å². The molecule has 6 heteroatoms. The number of likely N-dealkylation sites (tertiary alicyclic amines) is 1. The number of nitrogens with two attached hydrogens (primary N) is 1. The second kappa shape index (κ2) is 10.1. The maximum atomic E-state index is 12.2. The molecular formula is C16H32ClN3O2. The third-order valence-electron chi connectivity index (χ3n) is 4.30. The summed E-state index contributed by atoms with van der Waals surface area (Å²) < 4.78 is 0. The number of rotatable bonds is 8. The third-order valence-corrected chi connectivity index (χ3v) is 4.30. The number of amides is 2. The van der Waals surface area contributed by atoms with Crippen molar-refractivity contribution in [1.29, 1.82) is 0 Å². The lowest BCUT2D eigenvalue weighted by molar-refractivity contribution is -0.136. The van der Waals surface area contributed by atoms with E-state index in [9.17, 15) is 9.59 Å². The van der Waals surface area contributed by atoms with Gasteiger partial charge in [-0.15, -0.1) is 12.4 Å². The fourth-order valence-electron chi connectivity index (χ4n) is 2.83. The molecule has 0 aromatic heterocycles. The molecule has 1 fully saturated rings. The van der Waals surface area contributed by atoms with Crippen molar-refractivity contribution in [2.45, 2.75) is 52.9 Å². The second-order valence-electron chi connectivity index (χ2n) is 6.46. The number of carbonyl (C=O) groups excluding carboxylic acids is 2. The molecule has 2 N–H and O–H groups in total. The van der Waals surface area contributed by atoms with E-state index in [1.54, 1.807) is 0 Å². The SMILES string of the molecule is CCCN(CCC)C(=O)CCC(=O)N1CCC(C)(CN)C1.Cl. The standard InChI is InChI=1S/C16H31N3O2.ClH/c1-4-9-18(10-5-2)14(20)6-7-15(21)19-11-8-16(3,12-17)13-19;/h4-13,17H2,1-3H3;1H. The lowest BCUT2D eigenvalue weighted by atomic mass is 9.90. The average Bonchev–Trinajstić information content (AvgIpc) is 2.87. The largest absolute Gasteiger partial charge is 0.343 e. The van der Waals surface area contributed by atoms with Crippen LogP contribution in [-0.2, 0) is 9.59 Å². The Balaban J connectivity index is 0.00000441. The van der Waals surface area contributed by atoms with Crippen LogP contribution in [0, 0.1) is 5.41 Å². The Kier molecular flexibility index (Phi) is 9.69. The molecule has 0 aromatic rings. The fraction of sp³-hybridized carbons (Fsp3) is 0.875. The number of carbonyl (C=O) groups is 2. The van der Waals surface area contributed by atoms with E-state index in [4.69, 9.17) is 5.73 Å². The second-order valence-corrected chi connectivity index (χ2v) is 6.46.